The minimum atomic E-state index is -0.782. The highest BCUT2D eigenvalue weighted by Gasteiger charge is 2.24. The summed E-state index contributed by atoms with van der Waals surface area (Å²) in [7, 11) is 0. The van der Waals surface area contributed by atoms with Crippen LogP contribution in [0.25, 0.3) is 5.69 Å². The number of morpholine rings is 1. The second-order valence-electron chi connectivity index (χ2n) is 8.51. The third kappa shape index (κ3) is 5.09. The van der Waals surface area contributed by atoms with Crippen LogP contribution in [0.4, 0.5) is 11.4 Å². The van der Waals surface area contributed by atoms with Crippen molar-refractivity contribution in [3.8, 4) is 5.69 Å². The summed E-state index contributed by atoms with van der Waals surface area (Å²) in [6.45, 7) is 7.36. The van der Waals surface area contributed by atoms with Gasteiger partial charge in [0.25, 0.3) is 5.69 Å². The number of carbonyl (C=O) groups is 2. The Labute approximate surface area is 203 Å². The molecule has 35 heavy (non-hydrogen) atoms. The Bertz CT molecular complexity index is 1270. The molecule has 4 rings (SSSR count). The number of ketones is 1. The quantitative estimate of drug-likeness (QED) is 0.218. The minimum absolute atomic E-state index is 0.0547. The number of anilines is 1. The lowest BCUT2D eigenvalue weighted by molar-refractivity contribution is -0.384. The van der Waals surface area contributed by atoms with E-state index in [0.29, 0.717) is 37.6 Å². The standard InChI is InChI=1S/C26H27N3O6/c1-17-4-6-20(7-5-17)28-18(2)14-22(19(28)3)25(30)16-35-26(31)23-15-21(29(32)33)8-9-24(23)27-10-12-34-13-11-27/h4-9,14-15H,10-13,16H2,1-3H3. The zero-order valence-electron chi connectivity index (χ0n) is 19.9. The Balaban J connectivity index is 1.54. The highest BCUT2D eigenvalue weighted by atomic mass is 16.6. The molecule has 0 bridgehead atoms. The second kappa shape index (κ2) is 10.1. The lowest BCUT2D eigenvalue weighted by Crippen LogP contribution is -2.37. The van der Waals surface area contributed by atoms with Crippen LogP contribution in [0.5, 0.6) is 0 Å². The van der Waals surface area contributed by atoms with Crippen molar-refractivity contribution < 1.29 is 24.0 Å². The molecule has 0 atom stereocenters. The zero-order chi connectivity index (χ0) is 25.1. The number of rotatable bonds is 7. The average molecular weight is 478 g/mol. The number of aromatic nitrogens is 1. The van der Waals surface area contributed by atoms with Gasteiger partial charge in [-0.05, 0) is 45.0 Å². The third-order valence-electron chi connectivity index (χ3n) is 6.12. The fourth-order valence-electron chi connectivity index (χ4n) is 4.30. The number of nitro groups is 1. The van der Waals surface area contributed by atoms with Crippen molar-refractivity contribution in [2.75, 3.05) is 37.8 Å². The molecule has 0 saturated carbocycles. The van der Waals surface area contributed by atoms with Crippen LogP contribution in [0, 0.1) is 30.9 Å². The summed E-state index contributed by atoms with van der Waals surface area (Å²) >= 11 is 0. The SMILES string of the molecule is Cc1ccc(-n2c(C)cc(C(=O)COC(=O)c3cc([N+](=O)[O-])ccc3N3CCOCC3)c2C)cc1. The number of nitro benzene ring substituents is 1. The zero-order valence-corrected chi connectivity index (χ0v) is 19.9. The molecule has 0 spiro atoms. The normalized spacial score (nSPS) is 13.5. The first-order chi connectivity index (χ1) is 16.8. The van der Waals surface area contributed by atoms with E-state index in [-0.39, 0.29) is 17.0 Å². The van der Waals surface area contributed by atoms with Gasteiger partial charge in [0, 0.05) is 47.9 Å². The smallest absolute Gasteiger partial charge is 0.340 e. The molecule has 9 heteroatoms. The van der Waals surface area contributed by atoms with Crippen molar-refractivity contribution >= 4 is 23.1 Å². The van der Waals surface area contributed by atoms with Crippen LogP contribution in [-0.4, -0.2) is 54.2 Å². The van der Waals surface area contributed by atoms with E-state index in [4.69, 9.17) is 9.47 Å². The first-order valence-electron chi connectivity index (χ1n) is 11.3. The molecule has 1 fully saturated rings. The molecule has 182 valence electrons. The maximum atomic E-state index is 13.0. The molecular formula is C26H27N3O6. The molecule has 9 nitrogen and oxygen atoms in total. The Hall–Kier alpha value is -3.98. The summed E-state index contributed by atoms with van der Waals surface area (Å²) in [4.78, 5) is 38.6. The number of esters is 1. The maximum absolute atomic E-state index is 13.0. The van der Waals surface area contributed by atoms with E-state index in [2.05, 4.69) is 0 Å². The molecule has 1 aromatic heterocycles. The van der Waals surface area contributed by atoms with Gasteiger partial charge in [-0.15, -0.1) is 0 Å². The molecular weight excluding hydrogens is 450 g/mol. The fourth-order valence-corrected chi connectivity index (χ4v) is 4.30. The van der Waals surface area contributed by atoms with E-state index in [0.717, 1.165) is 22.6 Å². The van der Waals surface area contributed by atoms with Crippen molar-refractivity contribution in [1.82, 2.24) is 4.57 Å². The van der Waals surface area contributed by atoms with Crippen molar-refractivity contribution in [2.24, 2.45) is 0 Å². The van der Waals surface area contributed by atoms with Gasteiger partial charge < -0.3 is 18.9 Å². The van der Waals surface area contributed by atoms with Crippen molar-refractivity contribution in [2.45, 2.75) is 20.8 Å². The van der Waals surface area contributed by atoms with Gasteiger partial charge >= 0.3 is 5.97 Å². The Kier molecular flexibility index (Phi) is 6.97. The lowest BCUT2D eigenvalue weighted by Gasteiger charge is -2.30. The Morgan fingerprint density at radius 3 is 2.34 bits per heavy atom. The first-order valence-corrected chi connectivity index (χ1v) is 11.3. The monoisotopic (exact) mass is 477 g/mol. The number of benzene rings is 2. The van der Waals surface area contributed by atoms with Gasteiger partial charge in [-0.25, -0.2) is 4.79 Å². The van der Waals surface area contributed by atoms with Crippen LogP contribution >= 0.6 is 0 Å². The number of nitrogens with zero attached hydrogens (tertiary/aromatic N) is 3. The predicted molar refractivity (Wildman–Crippen MR) is 131 cm³/mol. The average Bonchev–Trinajstić information content (AvgIpc) is 3.16. The van der Waals surface area contributed by atoms with Crippen molar-refractivity contribution in [3.05, 3.63) is 86.7 Å². The molecule has 1 saturated heterocycles. The van der Waals surface area contributed by atoms with Crippen molar-refractivity contribution in [3.63, 3.8) is 0 Å². The summed E-state index contributed by atoms with van der Waals surface area (Å²) in [6, 6.07) is 13.8. The molecule has 2 heterocycles. The Morgan fingerprint density at radius 1 is 1.00 bits per heavy atom. The van der Waals surface area contributed by atoms with E-state index < -0.39 is 17.5 Å². The van der Waals surface area contributed by atoms with Gasteiger partial charge in [-0.2, -0.15) is 0 Å². The number of ether oxygens (including phenoxy) is 2. The largest absolute Gasteiger partial charge is 0.454 e. The number of aryl methyl sites for hydroxylation is 2. The van der Waals surface area contributed by atoms with Crippen LogP contribution in [0.1, 0.15) is 37.7 Å². The Morgan fingerprint density at radius 2 is 1.69 bits per heavy atom. The van der Waals surface area contributed by atoms with Gasteiger partial charge in [0.15, 0.2) is 6.61 Å². The number of carbonyl (C=O) groups excluding carboxylic acids is 2. The fraction of sp³-hybridized carbons (Fsp3) is 0.308. The number of non-ortho nitro benzene ring substituents is 1. The minimum Gasteiger partial charge on any atom is -0.454 e. The summed E-state index contributed by atoms with van der Waals surface area (Å²) < 4.78 is 12.7. The molecule has 0 N–H and O–H groups in total. The molecule has 1 aliphatic heterocycles. The van der Waals surface area contributed by atoms with Crippen LogP contribution in [0.2, 0.25) is 0 Å². The molecule has 0 aliphatic carbocycles. The van der Waals surface area contributed by atoms with Gasteiger partial charge in [-0.1, -0.05) is 17.7 Å². The highest BCUT2D eigenvalue weighted by molar-refractivity contribution is 6.02. The second-order valence-corrected chi connectivity index (χ2v) is 8.51. The first kappa shape index (κ1) is 24.2. The summed E-state index contributed by atoms with van der Waals surface area (Å²) in [5, 5.41) is 11.3. The molecule has 1 aliphatic rings. The highest BCUT2D eigenvalue weighted by Crippen LogP contribution is 2.28. The van der Waals surface area contributed by atoms with Crippen LogP contribution in [-0.2, 0) is 9.47 Å². The van der Waals surface area contributed by atoms with Gasteiger partial charge in [0.2, 0.25) is 5.78 Å². The van der Waals surface area contributed by atoms with E-state index in [1.807, 2.05) is 54.5 Å². The van der Waals surface area contributed by atoms with Gasteiger partial charge in [0.05, 0.1) is 29.4 Å². The topological polar surface area (TPSA) is 104 Å². The predicted octanol–water partition coefficient (Wildman–Crippen LogP) is 4.19. The van der Waals surface area contributed by atoms with Crippen LogP contribution in [0.15, 0.2) is 48.5 Å². The molecule has 3 aromatic rings. The summed E-state index contributed by atoms with van der Waals surface area (Å²) in [6.07, 6.45) is 0. The summed E-state index contributed by atoms with van der Waals surface area (Å²) in [5.74, 6) is -1.13. The third-order valence-corrected chi connectivity index (χ3v) is 6.12. The molecule has 0 amide bonds. The molecule has 2 aromatic carbocycles. The van der Waals surface area contributed by atoms with E-state index in [1.165, 1.54) is 18.2 Å². The van der Waals surface area contributed by atoms with Crippen LogP contribution in [0.3, 0.4) is 0 Å². The van der Waals surface area contributed by atoms with Crippen LogP contribution < -0.4 is 4.90 Å². The summed E-state index contributed by atoms with van der Waals surface area (Å²) in [5.41, 5.74) is 4.52. The number of Topliss-reactive ketones (excluding diaryl/α,β-unsaturated/α-hetero) is 1. The molecule has 0 radical (unpaired) electrons. The van der Waals surface area contributed by atoms with Gasteiger partial charge in [0.1, 0.15) is 0 Å². The molecule has 0 unspecified atom stereocenters. The van der Waals surface area contributed by atoms with E-state index in [9.17, 15) is 19.7 Å². The number of hydrogen-bond donors (Lipinski definition) is 0. The number of hydrogen-bond acceptors (Lipinski definition) is 7. The lowest BCUT2D eigenvalue weighted by atomic mass is 10.1. The maximum Gasteiger partial charge on any atom is 0.340 e. The van der Waals surface area contributed by atoms with E-state index in [1.54, 1.807) is 6.07 Å². The van der Waals surface area contributed by atoms with Gasteiger partial charge in [-0.3, -0.25) is 14.9 Å². The van der Waals surface area contributed by atoms with Crippen molar-refractivity contribution in [1.29, 1.82) is 0 Å². The van der Waals surface area contributed by atoms with E-state index >= 15 is 0 Å².